The van der Waals surface area contributed by atoms with Crippen LogP contribution < -0.4 is 10.5 Å². The SMILES string of the molecule is COc1nc(N)nc2c1c(Cl)c(Cl)n2[C@H]1C[C@H](OC(=O)C(C)C)[C@@H](COC(=O)C(C)C)O1. The number of fused-ring (bicyclic) bond motifs is 1. The quantitative estimate of drug-likeness (QED) is 0.582. The molecule has 10 nitrogen and oxygen atoms in total. The number of carbonyl (C=O) groups excluding carboxylic acids is 2. The van der Waals surface area contributed by atoms with Crippen LogP contribution in [0.3, 0.4) is 0 Å². The van der Waals surface area contributed by atoms with Gasteiger partial charge in [0.2, 0.25) is 11.8 Å². The van der Waals surface area contributed by atoms with Gasteiger partial charge < -0.3 is 24.7 Å². The van der Waals surface area contributed by atoms with Crippen molar-refractivity contribution in [1.29, 1.82) is 0 Å². The summed E-state index contributed by atoms with van der Waals surface area (Å²) < 4.78 is 23.9. The molecule has 0 saturated carbocycles. The Hall–Kier alpha value is -2.30. The minimum absolute atomic E-state index is 0.0374. The van der Waals surface area contributed by atoms with Crippen molar-refractivity contribution in [3.63, 3.8) is 0 Å². The van der Waals surface area contributed by atoms with Gasteiger partial charge >= 0.3 is 11.9 Å². The van der Waals surface area contributed by atoms with E-state index in [1.807, 2.05) is 0 Å². The van der Waals surface area contributed by atoms with Crippen LogP contribution in [0.4, 0.5) is 5.95 Å². The molecule has 32 heavy (non-hydrogen) atoms. The van der Waals surface area contributed by atoms with Crippen LogP contribution in [0.5, 0.6) is 5.88 Å². The highest BCUT2D eigenvalue weighted by Crippen LogP contribution is 2.43. The van der Waals surface area contributed by atoms with Crippen LogP contribution in [0.2, 0.25) is 10.2 Å². The zero-order chi connectivity index (χ0) is 23.7. The lowest BCUT2D eigenvalue weighted by Crippen LogP contribution is -2.33. The van der Waals surface area contributed by atoms with Gasteiger partial charge in [0.1, 0.15) is 35.6 Å². The number of carbonyl (C=O) groups is 2. The van der Waals surface area contributed by atoms with Crippen LogP contribution in [0.25, 0.3) is 11.0 Å². The lowest BCUT2D eigenvalue weighted by atomic mass is 10.1. The maximum absolute atomic E-state index is 12.3. The number of aromatic nitrogens is 3. The largest absolute Gasteiger partial charge is 0.480 e. The highest BCUT2D eigenvalue weighted by Gasteiger charge is 2.42. The molecule has 0 aromatic carbocycles. The van der Waals surface area contributed by atoms with Gasteiger partial charge in [-0.25, -0.2) is 0 Å². The number of esters is 2. The molecule has 1 fully saturated rings. The van der Waals surface area contributed by atoms with E-state index in [-0.39, 0.29) is 52.8 Å². The zero-order valence-electron chi connectivity index (χ0n) is 18.4. The molecule has 12 heteroatoms. The molecule has 0 bridgehead atoms. The summed E-state index contributed by atoms with van der Waals surface area (Å²) in [6.45, 7) is 6.82. The van der Waals surface area contributed by atoms with Crippen molar-refractivity contribution < 1.29 is 28.5 Å². The van der Waals surface area contributed by atoms with Gasteiger partial charge in [-0.3, -0.25) is 14.2 Å². The van der Waals surface area contributed by atoms with E-state index in [0.717, 1.165) is 0 Å². The first kappa shape index (κ1) is 24.3. The molecule has 2 aromatic rings. The summed E-state index contributed by atoms with van der Waals surface area (Å²) in [7, 11) is 1.43. The van der Waals surface area contributed by atoms with E-state index in [9.17, 15) is 9.59 Å². The molecule has 1 aliphatic heterocycles. The highest BCUT2D eigenvalue weighted by molar-refractivity contribution is 6.45. The number of hydrogen-bond acceptors (Lipinski definition) is 9. The minimum Gasteiger partial charge on any atom is -0.480 e. The average molecular weight is 489 g/mol. The van der Waals surface area contributed by atoms with Crippen molar-refractivity contribution in [2.24, 2.45) is 11.8 Å². The third-order valence-electron chi connectivity index (χ3n) is 4.98. The van der Waals surface area contributed by atoms with Gasteiger partial charge in [-0.05, 0) is 0 Å². The molecule has 1 aliphatic rings. The Balaban J connectivity index is 1.96. The summed E-state index contributed by atoms with van der Waals surface area (Å²) in [5.41, 5.74) is 6.13. The van der Waals surface area contributed by atoms with Gasteiger partial charge in [0.25, 0.3) is 0 Å². The molecule has 0 aliphatic carbocycles. The molecule has 0 unspecified atom stereocenters. The highest BCUT2D eigenvalue weighted by atomic mass is 35.5. The van der Waals surface area contributed by atoms with Crippen molar-refractivity contribution in [2.75, 3.05) is 19.5 Å². The standard InChI is InChI=1S/C20H26Cl2N4O6/c1-8(2)18(27)30-7-11-10(32-19(28)9(3)4)6-12(31-11)26-15(22)14(21)13-16(26)24-20(23)25-17(13)29-5/h8-12H,6-7H2,1-5H3,(H2,23,24,25)/t10-,11+,12+/m0/s1. The molecule has 2 N–H and O–H groups in total. The molecule has 3 atom stereocenters. The summed E-state index contributed by atoms with van der Waals surface area (Å²) in [5, 5.41) is 0.688. The molecule has 2 aromatic heterocycles. The summed E-state index contributed by atoms with van der Waals surface area (Å²) in [4.78, 5) is 32.5. The third-order valence-corrected chi connectivity index (χ3v) is 5.81. The molecule has 3 rings (SSSR count). The Labute approximate surface area is 195 Å². The maximum Gasteiger partial charge on any atom is 0.308 e. The Morgan fingerprint density at radius 2 is 1.84 bits per heavy atom. The van der Waals surface area contributed by atoms with E-state index in [2.05, 4.69) is 9.97 Å². The monoisotopic (exact) mass is 488 g/mol. The fourth-order valence-corrected chi connectivity index (χ4v) is 3.81. The van der Waals surface area contributed by atoms with Crippen LogP contribution in [0.15, 0.2) is 0 Å². The van der Waals surface area contributed by atoms with E-state index < -0.39 is 24.4 Å². The molecule has 0 spiro atoms. The van der Waals surface area contributed by atoms with E-state index in [1.165, 1.54) is 7.11 Å². The molecule has 0 amide bonds. The van der Waals surface area contributed by atoms with Crippen molar-refractivity contribution >= 4 is 52.1 Å². The van der Waals surface area contributed by atoms with Crippen molar-refractivity contribution in [3.8, 4) is 5.88 Å². The van der Waals surface area contributed by atoms with Crippen molar-refractivity contribution in [2.45, 2.75) is 52.6 Å². The van der Waals surface area contributed by atoms with E-state index >= 15 is 0 Å². The molecule has 0 radical (unpaired) electrons. The summed E-state index contributed by atoms with van der Waals surface area (Å²) in [6, 6.07) is 0. The number of nitrogens with zero attached hydrogens (tertiary/aromatic N) is 3. The minimum atomic E-state index is -0.718. The second kappa shape index (κ2) is 9.68. The summed E-state index contributed by atoms with van der Waals surface area (Å²) in [5.74, 6) is -1.29. The van der Waals surface area contributed by atoms with Crippen LogP contribution in [-0.4, -0.2) is 52.4 Å². The van der Waals surface area contributed by atoms with Gasteiger partial charge in [0.05, 0.1) is 24.0 Å². The molecule has 3 heterocycles. The van der Waals surface area contributed by atoms with Crippen molar-refractivity contribution in [3.05, 3.63) is 10.2 Å². The Bertz CT molecular complexity index is 1030. The Morgan fingerprint density at radius 1 is 1.19 bits per heavy atom. The van der Waals surface area contributed by atoms with Crippen molar-refractivity contribution in [1.82, 2.24) is 14.5 Å². The lowest BCUT2D eigenvalue weighted by molar-refractivity contribution is -0.162. The number of anilines is 1. The first-order chi connectivity index (χ1) is 15.0. The normalized spacial score (nSPS) is 20.8. The van der Waals surface area contributed by atoms with Crippen LogP contribution in [0.1, 0.15) is 40.3 Å². The van der Waals surface area contributed by atoms with Gasteiger partial charge in [-0.2, -0.15) is 9.97 Å². The predicted octanol–water partition coefficient (Wildman–Crippen LogP) is 3.38. The smallest absolute Gasteiger partial charge is 0.308 e. The predicted molar refractivity (Wildman–Crippen MR) is 118 cm³/mol. The van der Waals surface area contributed by atoms with Gasteiger partial charge in [-0.1, -0.05) is 50.9 Å². The van der Waals surface area contributed by atoms with Crippen LogP contribution in [0, 0.1) is 11.8 Å². The number of methoxy groups -OCH3 is 1. The van der Waals surface area contributed by atoms with E-state index in [4.69, 9.17) is 47.9 Å². The first-order valence-electron chi connectivity index (χ1n) is 10.1. The summed E-state index contributed by atoms with van der Waals surface area (Å²) in [6.07, 6.45) is -1.87. The summed E-state index contributed by atoms with van der Waals surface area (Å²) >= 11 is 12.9. The Kier molecular flexibility index (Phi) is 7.36. The van der Waals surface area contributed by atoms with Gasteiger partial charge in [-0.15, -0.1) is 0 Å². The molecule has 176 valence electrons. The lowest BCUT2D eigenvalue weighted by Gasteiger charge is -2.20. The second-order valence-corrected chi connectivity index (χ2v) is 8.78. The van der Waals surface area contributed by atoms with E-state index in [0.29, 0.717) is 11.0 Å². The Morgan fingerprint density at radius 3 is 2.44 bits per heavy atom. The third kappa shape index (κ3) is 4.72. The number of nitrogens with two attached hydrogens (primary N) is 1. The maximum atomic E-state index is 12.3. The topological polar surface area (TPSA) is 128 Å². The zero-order valence-corrected chi connectivity index (χ0v) is 19.9. The fraction of sp³-hybridized carbons (Fsp3) is 0.600. The van der Waals surface area contributed by atoms with Gasteiger partial charge in [0, 0.05) is 6.42 Å². The number of rotatable bonds is 7. The second-order valence-electron chi connectivity index (χ2n) is 8.04. The number of hydrogen-bond donors (Lipinski definition) is 1. The number of nitrogen functional groups attached to an aromatic ring is 1. The number of halogens is 2. The van der Waals surface area contributed by atoms with Crippen LogP contribution in [-0.2, 0) is 23.8 Å². The molecule has 1 saturated heterocycles. The van der Waals surface area contributed by atoms with Gasteiger partial charge in [0.15, 0.2) is 5.65 Å². The first-order valence-corrected chi connectivity index (χ1v) is 10.9. The molecular formula is C20H26Cl2N4O6. The van der Waals surface area contributed by atoms with E-state index in [1.54, 1.807) is 32.3 Å². The molecular weight excluding hydrogens is 463 g/mol. The van der Waals surface area contributed by atoms with Crippen LogP contribution >= 0.6 is 23.2 Å². The fourth-order valence-electron chi connectivity index (χ4n) is 3.27. The number of ether oxygens (including phenoxy) is 4. The average Bonchev–Trinajstić information content (AvgIpc) is 3.23.